The second-order valence-corrected chi connectivity index (χ2v) is 7.12. The third-order valence-corrected chi connectivity index (χ3v) is 5.08. The number of aliphatic hydroxyl groups is 1. The Morgan fingerprint density at radius 1 is 1.19 bits per heavy atom. The highest BCUT2D eigenvalue weighted by Crippen LogP contribution is 2.26. The van der Waals surface area contributed by atoms with Crippen molar-refractivity contribution in [1.29, 1.82) is 0 Å². The molecule has 2 rings (SSSR count). The summed E-state index contributed by atoms with van der Waals surface area (Å²) in [6, 6.07) is 0. The Morgan fingerprint density at radius 3 is 2.33 bits per heavy atom. The first-order valence-corrected chi connectivity index (χ1v) is 8.41. The predicted octanol–water partition coefficient (Wildman–Crippen LogP) is 0.872. The number of hydrogen-bond acceptors (Lipinski definition) is 4. The van der Waals surface area contributed by atoms with E-state index in [2.05, 4.69) is 15.5 Å². The summed E-state index contributed by atoms with van der Waals surface area (Å²) in [6.07, 6.45) is 6.13. The zero-order valence-corrected chi connectivity index (χ0v) is 13.6. The van der Waals surface area contributed by atoms with Crippen molar-refractivity contribution in [3.05, 3.63) is 0 Å². The topological polar surface area (TPSA) is 64.6 Å². The van der Waals surface area contributed by atoms with Gasteiger partial charge in [-0.05, 0) is 26.7 Å². The van der Waals surface area contributed by atoms with Crippen molar-refractivity contribution in [1.82, 2.24) is 15.5 Å². The van der Waals surface area contributed by atoms with Crippen molar-refractivity contribution in [2.75, 3.05) is 32.7 Å². The third kappa shape index (κ3) is 4.41. The summed E-state index contributed by atoms with van der Waals surface area (Å²) in [5, 5.41) is 17.0. The first-order valence-electron chi connectivity index (χ1n) is 8.41. The molecule has 5 nitrogen and oxygen atoms in total. The maximum Gasteiger partial charge on any atom is 0.240 e. The van der Waals surface area contributed by atoms with Gasteiger partial charge >= 0.3 is 0 Å². The summed E-state index contributed by atoms with van der Waals surface area (Å²) in [7, 11) is 0. The third-order valence-electron chi connectivity index (χ3n) is 5.08. The minimum absolute atomic E-state index is 0.0297. The summed E-state index contributed by atoms with van der Waals surface area (Å²) in [6.45, 7) is 7.99. The number of nitrogens with zero attached hydrogens (tertiary/aromatic N) is 1. The Balaban J connectivity index is 1.87. The molecule has 1 amide bonds. The molecule has 0 aromatic heterocycles. The van der Waals surface area contributed by atoms with Gasteiger partial charge in [0.15, 0.2) is 0 Å². The fourth-order valence-corrected chi connectivity index (χ4v) is 3.39. The molecule has 0 unspecified atom stereocenters. The van der Waals surface area contributed by atoms with Crippen molar-refractivity contribution in [3.63, 3.8) is 0 Å². The molecule has 0 spiro atoms. The second kappa shape index (κ2) is 7.07. The summed E-state index contributed by atoms with van der Waals surface area (Å²) in [5.41, 5.74) is -1.21. The first-order chi connectivity index (χ1) is 9.94. The molecule has 2 fully saturated rings. The van der Waals surface area contributed by atoms with E-state index in [-0.39, 0.29) is 5.91 Å². The van der Waals surface area contributed by atoms with Gasteiger partial charge in [0.2, 0.25) is 5.91 Å². The molecule has 0 aromatic rings. The molecular weight excluding hydrogens is 266 g/mol. The molecule has 1 aliphatic carbocycles. The summed E-state index contributed by atoms with van der Waals surface area (Å²) in [5.74, 6) is 0.0297. The molecule has 1 heterocycles. The van der Waals surface area contributed by atoms with Crippen LogP contribution in [0.5, 0.6) is 0 Å². The Hall–Kier alpha value is -0.650. The van der Waals surface area contributed by atoms with Crippen LogP contribution in [0.4, 0.5) is 0 Å². The van der Waals surface area contributed by atoms with E-state index in [1.807, 2.05) is 13.8 Å². The molecular formula is C16H31N3O2. The van der Waals surface area contributed by atoms with Gasteiger partial charge in [0.25, 0.3) is 0 Å². The van der Waals surface area contributed by atoms with Gasteiger partial charge in [0.05, 0.1) is 11.1 Å². The molecule has 0 aromatic carbocycles. The normalized spacial score (nSPS) is 24.3. The molecule has 0 radical (unpaired) electrons. The highest BCUT2D eigenvalue weighted by molar-refractivity contribution is 5.85. The molecule has 1 aliphatic heterocycles. The maximum absolute atomic E-state index is 12.6. The van der Waals surface area contributed by atoms with Crippen molar-refractivity contribution in [3.8, 4) is 0 Å². The minimum Gasteiger partial charge on any atom is -0.388 e. The maximum atomic E-state index is 12.6. The van der Waals surface area contributed by atoms with Crippen molar-refractivity contribution >= 4 is 5.91 Å². The Bertz CT molecular complexity index is 343. The van der Waals surface area contributed by atoms with E-state index in [1.165, 1.54) is 12.8 Å². The van der Waals surface area contributed by atoms with Gasteiger partial charge in [0.1, 0.15) is 0 Å². The predicted molar refractivity (Wildman–Crippen MR) is 84.2 cm³/mol. The van der Waals surface area contributed by atoms with Crippen LogP contribution >= 0.6 is 0 Å². The number of nitrogens with one attached hydrogen (secondary N) is 2. The summed E-state index contributed by atoms with van der Waals surface area (Å²) >= 11 is 0. The largest absolute Gasteiger partial charge is 0.388 e. The molecule has 5 heteroatoms. The van der Waals surface area contributed by atoms with Crippen LogP contribution in [0.25, 0.3) is 0 Å². The number of piperazine rings is 1. The molecule has 21 heavy (non-hydrogen) atoms. The molecule has 3 N–H and O–H groups in total. The fraction of sp³-hybridized carbons (Fsp3) is 0.938. The molecule has 1 saturated heterocycles. The monoisotopic (exact) mass is 297 g/mol. The van der Waals surface area contributed by atoms with E-state index in [1.54, 1.807) is 0 Å². The number of amides is 1. The minimum atomic E-state index is -0.703. The van der Waals surface area contributed by atoms with Gasteiger partial charge in [0, 0.05) is 32.7 Å². The van der Waals surface area contributed by atoms with Crippen LogP contribution in [0.3, 0.4) is 0 Å². The fourth-order valence-electron chi connectivity index (χ4n) is 3.39. The van der Waals surface area contributed by atoms with Crippen molar-refractivity contribution in [2.24, 2.45) is 0 Å². The molecule has 1 saturated carbocycles. The summed E-state index contributed by atoms with van der Waals surface area (Å²) < 4.78 is 0. The number of carbonyl (C=O) groups is 1. The quantitative estimate of drug-likeness (QED) is 0.674. The average Bonchev–Trinajstić information content (AvgIpc) is 2.71. The summed E-state index contributed by atoms with van der Waals surface area (Å²) in [4.78, 5) is 14.8. The lowest BCUT2D eigenvalue weighted by Gasteiger charge is -2.40. The Kier molecular flexibility index (Phi) is 5.63. The standard InChI is InChI=1S/C16H31N3O2/c1-15(2,19-11-9-17-10-12-19)14(20)18-13-16(21)7-5-3-4-6-8-16/h17,21H,3-13H2,1-2H3,(H,18,20). The van der Waals surface area contributed by atoms with Gasteiger partial charge in [-0.1, -0.05) is 25.7 Å². The number of rotatable bonds is 4. The Labute approximate surface area is 128 Å². The van der Waals surface area contributed by atoms with Crippen LogP contribution < -0.4 is 10.6 Å². The lowest BCUT2D eigenvalue weighted by molar-refractivity contribution is -0.133. The SMILES string of the molecule is CC(C)(C(=O)NCC1(O)CCCCCC1)N1CCNCC1. The van der Waals surface area contributed by atoms with Crippen LogP contribution in [-0.4, -0.2) is 59.8 Å². The van der Waals surface area contributed by atoms with Crippen LogP contribution in [0.15, 0.2) is 0 Å². The second-order valence-electron chi connectivity index (χ2n) is 7.12. The van der Waals surface area contributed by atoms with E-state index in [0.29, 0.717) is 6.54 Å². The van der Waals surface area contributed by atoms with E-state index in [9.17, 15) is 9.90 Å². The van der Waals surface area contributed by atoms with Crippen LogP contribution in [0.1, 0.15) is 52.4 Å². The molecule has 2 aliphatic rings. The van der Waals surface area contributed by atoms with Gasteiger partial charge in [-0.15, -0.1) is 0 Å². The van der Waals surface area contributed by atoms with Crippen LogP contribution in [0, 0.1) is 0 Å². The van der Waals surface area contributed by atoms with Gasteiger partial charge in [-0.3, -0.25) is 9.69 Å². The molecule has 122 valence electrons. The van der Waals surface area contributed by atoms with E-state index < -0.39 is 11.1 Å². The van der Waals surface area contributed by atoms with Crippen molar-refractivity contribution < 1.29 is 9.90 Å². The lowest BCUT2D eigenvalue weighted by atomic mass is 9.93. The van der Waals surface area contributed by atoms with Gasteiger partial charge in [-0.2, -0.15) is 0 Å². The smallest absolute Gasteiger partial charge is 0.240 e. The Morgan fingerprint density at radius 2 is 1.76 bits per heavy atom. The van der Waals surface area contributed by atoms with Crippen molar-refractivity contribution in [2.45, 2.75) is 63.5 Å². The zero-order valence-electron chi connectivity index (χ0n) is 13.6. The number of carbonyl (C=O) groups excluding carboxylic acids is 1. The van der Waals surface area contributed by atoms with Gasteiger partial charge < -0.3 is 15.7 Å². The average molecular weight is 297 g/mol. The zero-order chi connectivity index (χ0) is 15.3. The highest BCUT2D eigenvalue weighted by Gasteiger charge is 2.37. The van der Waals surface area contributed by atoms with Gasteiger partial charge in [-0.25, -0.2) is 0 Å². The first kappa shape index (κ1) is 16.7. The number of hydrogen-bond donors (Lipinski definition) is 3. The van der Waals surface area contributed by atoms with E-state index in [0.717, 1.165) is 51.9 Å². The van der Waals surface area contributed by atoms with E-state index in [4.69, 9.17) is 0 Å². The highest BCUT2D eigenvalue weighted by atomic mass is 16.3. The molecule has 0 bridgehead atoms. The van der Waals surface area contributed by atoms with Crippen LogP contribution in [0.2, 0.25) is 0 Å². The van der Waals surface area contributed by atoms with Crippen LogP contribution in [-0.2, 0) is 4.79 Å². The molecule has 0 atom stereocenters. The van der Waals surface area contributed by atoms with E-state index >= 15 is 0 Å². The lowest BCUT2D eigenvalue weighted by Crippen LogP contribution is -2.61.